The molecular weight excluding hydrogens is 252 g/mol. The van der Waals surface area contributed by atoms with Crippen molar-refractivity contribution in [2.75, 3.05) is 5.32 Å². The van der Waals surface area contributed by atoms with Crippen molar-refractivity contribution in [1.82, 2.24) is 4.98 Å². The number of carbonyl (C=O) groups is 1. The lowest BCUT2D eigenvalue weighted by Crippen LogP contribution is -2.30. The first-order chi connectivity index (χ1) is 9.54. The van der Waals surface area contributed by atoms with E-state index >= 15 is 0 Å². The van der Waals surface area contributed by atoms with Crippen molar-refractivity contribution in [3.63, 3.8) is 0 Å². The maximum atomic E-state index is 12.0. The highest BCUT2D eigenvalue weighted by Gasteiger charge is 2.15. The second-order valence-corrected chi connectivity index (χ2v) is 4.78. The van der Waals surface area contributed by atoms with Crippen LogP contribution in [-0.4, -0.2) is 17.0 Å². The number of pyridine rings is 1. The minimum Gasteiger partial charge on any atom is -0.481 e. The number of rotatable bonds is 4. The lowest BCUT2D eigenvalue weighted by molar-refractivity contribution is -0.122. The molecule has 1 heterocycles. The Morgan fingerprint density at radius 2 is 1.75 bits per heavy atom. The number of aryl methyl sites for hydroxylation is 2. The largest absolute Gasteiger partial charge is 0.481 e. The molecule has 0 saturated heterocycles. The minimum absolute atomic E-state index is 0.220. The van der Waals surface area contributed by atoms with Gasteiger partial charge in [-0.1, -0.05) is 23.8 Å². The first-order valence-electron chi connectivity index (χ1n) is 6.51. The van der Waals surface area contributed by atoms with Gasteiger partial charge in [-0.2, -0.15) is 0 Å². The molecule has 1 N–H and O–H groups in total. The summed E-state index contributed by atoms with van der Waals surface area (Å²) < 4.78 is 5.59. The average Bonchev–Trinajstić information content (AvgIpc) is 2.44. The fourth-order valence-corrected chi connectivity index (χ4v) is 1.64. The molecule has 2 rings (SSSR count). The molecule has 0 aliphatic rings. The smallest absolute Gasteiger partial charge is 0.266 e. The summed E-state index contributed by atoms with van der Waals surface area (Å²) in [5.74, 6) is 0.983. The zero-order valence-corrected chi connectivity index (χ0v) is 11.9. The van der Waals surface area contributed by atoms with Gasteiger partial charge >= 0.3 is 0 Å². The highest BCUT2D eigenvalue weighted by Crippen LogP contribution is 2.14. The molecule has 1 unspecified atom stereocenters. The second-order valence-electron chi connectivity index (χ2n) is 4.78. The van der Waals surface area contributed by atoms with E-state index < -0.39 is 6.10 Å². The summed E-state index contributed by atoms with van der Waals surface area (Å²) in [5.41, 5.74) is 2.20. The quantitative estimate of drug-likeness (QED) is 0.928. The van der Waals surface area contributed by atoms with Crippen molar-refractivity contribution in [3.05, 3.63) is 53.7 Å². The first-order valence-corrected chi connectivity index (χ1v) is 6.51. The van der Waals surface area contributed by atoms with Crippen LogP contribution in [0.5, 0.6) is 5.75 Å². The van der Waals surface area contributed by atoms with Crippen molar-refractivity contribution in [2.45, 2.75) is 26.9 Å². The van der Waals surface area contributed by atoms with Crippen LogP contribution >= 0.6 is 0 Å². The lowest BCUT2D eigenvalue weighted by atomic mass is 10.2. The summed E-state index contributed by atoms with van der Waals surface area (Å²) in [4.78, 5) is 16.1. The van der Waals surface area contributed by atoms with Crippen LogP contribution in [0.25, 0.3) is 0 Å². The second kappa shape index (κ2) is 6.19. The van der Waals surface area contributed by atoms with E-state index in [2.05, 4.69) is 10.3 Å². The standard InChI is InChI=1S/C16H18N2O2/c1-11-4-7-14(8-5-11)20-13(3)16(19)18-15-9-6-12(2)10-17-15/h4-10,13H,1-3H3,(H,17,18,19). The predicted octanol–water partition coefficient (Wildman–Crippen LogP) is 3.10. The van der Waals surface area contributed by atoms with Crippen molar-refractivity contribution >= 4 is 11.7 Å². The van der Waals surface area contributed by atoms with Crippen LogP contribution in [0.3, 0.4) is 0 Å². The summed E-state index contributed by atoms with van der Waals surface area (Å²) in [6.45, 7) is 5.66. The number of nitrogens with one attached hydrogen (secondary N) is 1. The van der Waals surface area contributed by atoms with Gasteiger partial charge in [-0.3, -0.25) is 4.79 Å². The highest BCUT2D eigenvalue weighted by atomic mass is 16.5. The number of ether oxygens (including phenoxy) is 1. The number of carbonyl (C=O) groups excluding carboxylic acids is 1. The van der Waals surface area contributed by atoms with Crippen molar-refractivity contribution in [1.29, 1.82) is 0 Å². The van der Waals surface area contributed by atoms with Gasteiger partial charge in [-0.25, -0.2) is 4.98 Å². The number of anilines is 1. The van der Waals surface area contributed by atoms with E-state index in [1.165, 1.54) is 0 Å². The Bertz CT molecular complexity index is 576. The Morgan fingerprint density at radius 1 is 1.10 bits per heavy atom. The van der Waals surface area contributed by atoms with Gasteiger partial charge in [-0.15, -0.1) is 0 Å². The molecule has 1 aromatic carbocycles. The topological polar surface area (TPSA) is 51.2 Å². The molecule has 0 bridgehead atoms. The van der Waals surface area contributed by atoms with Gasteiger partial charge in [0.05, 0.1) is 0 Å². The van der Waals surface area contributed by atoms with E-state index in [0.29, 0.717) is 11.6 Å². The van der Waals surface area contributed by atoms with E-state index in [0.717, 1.165) is 11.1 Å². The molecule has 2 aromatic rings. The molecule has 4 nitrogen and oxygen atoms in total. The molecule has 0 radical (unpaired) electrons. The summed E-state index contributed by atoms with van der Waals surface area (Å²) in [5, 5.41) is 2.73. The normalized spacial score (nSPS) is 11.8. The molecule has 20 heavy (non-hydrogen) atoms. The van der Waals surface area contributed by atoms with Crippen LogP contribution in [0.2, 0.25) is 0 Å². The maximum Gasteiger partial charge on any atom is 0.266 e. The number of benzene rings is 1. The fourth-order valence-electron chi connectivity index (χ4n) is 1.64. The van der Waals surface area contributed by atoms with Gasteiger partial charge < -0.3 is 10.1 Å². The summed E-state index contributed by atoms with van der Waals surface area (Å²) >= 11 is 0. The molecule has 1 aromatic heterocycles. The van der Waals surface area contributed by atoms with Gasteiger partial charge in [-0.05, 0) is 44.5 Å². The van der Waals surface area contributed by atoms with E-state index in [4.69, 9.17) is 4.74 Å². The van der Waals surface area contributed by atoms with Gasteiger partial charge in [0.15, 0.2) is 6.10 Å². The number of hydrogen-bond acceptors (Lipinski definition) is 3. The average molecular weight is 270 g/mol. The Labute approximate surface area is 118 Å². The van der Waals surface area contributed by atoms with Crippen LogP contribution in [0, 0.1) is 13.8 Å². The van der Waals surface area contributed by atoms with Crippen LogP contribution in [0.4, 0.5) is 5.82 Å². The minimum atomic E-state index is -0.583. The lowest BCUT2D eigenvalue weighted by Gasteiger charge is -2.14. The zero-order valence-electron chi connectivity index (χ0n) is 11.9. The number of hydrogen-bond donors (Lipinski definition) is 1. The molecular formula is C16H18N2O2. The molecule has 0 spiro atoms. The third kappa shape index (κ3) is 3.82. The van der Waals surface area contributed by atoms with Crippen LogP contribution in [-0.2, 0) is 4.79 Å². The molecule has 1 amide bonds. The Kier molecular flexibility index (Phi) is 4.35. The molecule has 0 aliphatic carbocycles. The van der Waals surface area contributed by atoms with Crippen molar-refractivity contribution in [2.24, 2.45) is 0 Å². The van der Waals surface area contributed by atoms with Crippen molar-refractivity contribution in [3.8, 4) is 5.75 Å². The molecule has 0 fully saturated rings. The number of nitrogens with zero attached hydrogens (tertiary/aromatic N) is 1. The third-order valence-electron chi connectivity index (χ3n) is 2.87. The van der Waals surface area contributed by atoms with Crippen LogP contribution in [0.1, 0.15) is 18.1 Å². The van der Waals surface area contributed by atoms with Gasteiger partial charge in [0.1, 0.15) is 11.6 Å². The molecule has 0 saturated carbocycles. The molecule has 0 aliphatic heterocycles. The Balaban J connectivity index is 1.94. The fraction of sp³-hybridized carbons (Fsp3) is 0.250. The summed E-state index contributed by atoms with van der Waals surface area (Å²) in [6, 6.07) is 11.3. The van der Waals surface area contributed by atoms with E-state index in [1.54, 1.807) is 19.2 Å². The maximum absolute atomic E-state index is 12.0. The highest BCUT2D eigenvalue weighted by molar-refractivity contribution is 5.93. The monoisotopic (exact) mass is 270 g/mol. The third-order valence-corrected chi connectivity index (χ3v) is 2.87. The zero-order chi connectivity index (χ0) is 14.5. The van der Waals surface area contributed by atoms with E-state index in [1.807, 2.05) is 44.2 Å². The van der Waals surface area contributed by atoms with Crippen LogP contribution in [0.15, 0.2) is 42.6 Å². The van der Waals surface area contributed by atoms with Gasteiger partial charge in [0, 0.05) is 6.20 Å². The van der Waals surface area contributed by atoms with Gasteiger partial charge in [0.25, 0.3) is 5.91 Å². The molecule has 104 valence electrons. The Hall–Kier alpha value is -2.36. The van der Waals surface area contributed by atoms with E-state index in [-0.39, 0.29) is 5.91 Å². The molecule has 4 heteroatoms. The Morgan fingerprint density at radius 3 is 2.35 bits per heavy atom. The van der Waals surface area contributed by atoms with Gasteiger partial charge in [0.2, 0.25) is 0 Å². The number of aromatic nitrogens is 1. The van der Waals surface area contributed by atoms with Crippen LogP contribution < -0.4 is 10.1 Å². The van der Waals surface area contributed by atoms with Crippen molar-refractivity contribution < 1.29 is 9.53 Å². The van der Waals surface area contributed by atoms with E-state index in [9.17, 15) is 4.79 Å². The SMILES string of the molecule is Cc1ccc(OC(C)C(=O)Nc2ccc(C)cn2)cc1. The molecule has 1 atom stereocenters. The number of amides is 1. The summed E-state index contributed by atoms with van der Waals surface area (Å²) in [7, 11) is 0. The first kappa shape index (κ1) is 14.1. The predicted molar refractivity (Wildman–Crippen MR) is 78.9 cm³/mol. The summed E-state index contributed by atoms with van der Waals surface area (Å²) in [6.07, 6.45) is 1.13.